The summed E-state index contributed by atoms with van der Waals surface area (Å²) in [6, 6.07) is 23.8. The fourth-order valence-electron chi connectivity index (χ4n) is 5.40. The van der Waals surface area contributed by atoms with E-state index in [-0.39, 0.29) is 43.0 Å². The van der Waals surface area contributed by atoms with Crippen molar-refractivity contribution in [3.05, 3.63) is 136 Å². The Morgan fingerprint density at radius 3 is 2.12 bits per heavy atom. The van der Waals surface area contributed by atoms with Crippen molar-refractivity contribution in [2.45, 2.75) is 38.4 Å². The Labute approximate surface area is 290 Å². The fraction of sp³-hybridized carbons (Fsp3) is 0.205. The largest absolute Gasteiger partial charge is 0.464 e. The minimum Gasteiger partial charge on any atom is -0.464 e. The molecule has 0 saturated heterocycles. The van der Waals surface area contributed by atoms with Gasteiger partial charge in [0.25, 0.3) is 0 Å². The van der Waals surface area contributed by atoms with Crippen LogP contribution < -0.4 is 0 Å². The Balaban J connectivity index is 0.000000194. The van der Waals surface area contributed by atoms with Crippen molar-refractivity contribution in [1.29, 1.82) is 0 Å². The Morgan fingerprint density at radius 1 is 0.740 bits per heavy atom. The van der Waals surface area contributed by atoms with E-state index >= 15 is 0 Å². The number of ketones is 4. The molecule has 0 aliphatic rings. The zero-order chi connectivity index (χ0) is 35.8. The molecule has 0 aliphatic carbocycles. The van der Waals surface area contributed by atoms with Gasteiger partial charge >= 0.3 is 6.18 Å². The lowest BCUT2D eigenvalue weighted by Crippen LogP contribution is -2.15. The average molecular weight is 699 g/mol. The zero-order valence-electron chi connectivity index (χ0n) is 27.3. The van der Waals surface area contributed by atoms with E-state index in [1.807, 2.05) is 72.9 Å². The summed E-state index contributed by atoms with van der Waals surface area (Å²) in [4.78, 5) is 54.9. The van der Waals surface area contributed by atoms with Gasteiger partial charge in [0.05, 0.1) is 11.8 Å². The van der Waals surface area contributed by atoms with Crippen LogP contribution in [0.25, 0.3) is 21.1 Å². The smallest absolute Gasteiger partial charge is 0.418 e. The van der Waals surface area contributed by atoms with E-state index < -0.39 is 23.2 Å². The standard InChI is InChI=1S/C21H21NO2S.C18H12F3NO3/c1-22(2)14-17-5-3-4-6-18(17)20(24)9-8-19(23)15-7-10-21-16(13-15)11-12-25-21;19-18(20,21)13-2-1-8-22-17(13)15(24)5-4-14(23)11-3-6-16-12(10-11)7-9-25-16/h3-7,10-13H,8-9,14H2,1-2H3;1-3,6-10H,4-5H2. The summed E-state index contributed by atoms with van der Waals surface area (Å²) in [5.74, 6) is -1.10. The second-order valence-electron chi connectivity index (χ2n) is 11.8. The predicted molar refractivity (Wildman–Crippen MR) is 187 cm³/mol. The lowest BCUT2D eigenvalue weighted by Gasteiger charge is -2.13. The Morgan fingerprint density at radius 2 is 1.40 bits per heavy atom. The van der Waals surface area contributed by atoms with Crippen LogP contribution in [0, 0.1) is 0 Å². The van der Waals surface area contributed by atoms with Crippen molar-refractivity contribution in [3.8, 4) is 0 Å². The van der Waals surface area contributed by atoms with Gasteiger partial charge in [-0.15, -0.1) is 11.3 Å². The second kappa shape index (κ2) is 16.0. The van der Waals surface area contributed by atoms with Crippen molar-refractivity contribution >= 4 is 55.5 Å². The summed E-state index contributed by atoms with van der Waals surface area (Å²) in [6.45, 7) is 0.713. The number of furan rings is 1. The number of carbonyl (C=O) groups is 4. The normalized spacial score (nSPS) is 11.4. The van der Waals surface area contributed by atoms with E-state index in [0.717, 1.165) is 40.2 Å². The molecule has 0 N–H and O–H groups in total. The summed E-state index contributed by atoms with van der Waals surface area (Å²) < 4.78 is 45.1. The first-order valence-electron chi connectivity index (χ1n) is 15.7. The SMILES string of the molecule is CN(C)Cc1ccccc1C(=O)CCC(=O)c1ccc2sccc2c1.O=C(CCC(=O)c1ncccc1C(F)(F)F)c1ccc2occc2c1. The topological polar surface area (TPSA) is 97.6 Å². The Kier molecular flexibility index (Phi) is 11.5. The summed E-state index contributed by atoms with van der Waals surface area (Å²) in [5, 5.41) is 3.84. The van der Waals surface area contributed by atoms with Crippen molar-refractivity contribution in [3.63, 3.8) is 0 Å². The maximum absolute atomic E-state index is 12.9. The van der Waals surface area contributed by atoms with E-state index in [9.17, 15) is 32.3 Å². The summed E-state index contributed by atoms with van der Waals surface area (Å²) in [7, 11) is 3.96. The Bertz CT molecular complexity index is 2170. The number of thiophene rings is 1. The highest BCUT2D eigenvalue weighted by molar-refractivity contribution is 7.17. The number of alkyl halides is 3. The lowest BCUT2D eigenvalue weighted by molar-refractivity contribution is -0.138. The van der Waals surface area contributed by atoms with Gasteiger partial charge in [-0.1, -0.05) is 24.3 Å². The van der Waals surface area contributed by atoms with E-state index in [0.29, 0.717) is 23.3 Å². The van der Waals surface area contributed by atoms with E-state index in [4.69, 9.17) is 4.42 Å². The molecule has 256 valence electrons. The van der Waals surface area contributed by atoms with Crippen LogP contribution in [0.15, 0.2) is 107 Å². The first-order valence-corrected chi connectivity index (χ1v) is 16.6. The molecule has 0 aliphatic heterocycles. The molecule has 0 unspecified atom stereocenters. The highest BCUT2D eigenvalue weighted by Gasteiger charge is 2.35. The monoisotopic (exact) mass is 698 g/mol. The van der Waals surface area contributed by atoms with Crippen LogP contribution in [-0.2, 0) is 12.7 Å². The van der Waals surface area contributed by atoms with E-state index in [2.05, 4.69) is 4.98 Å². The minimum absolute atomic E-state index is 0.0199. The van der Waals surface area contributed by atoms with Crippen molar-refractivity contribution < 1.29 is 36.8 Å². The molecule has 6 rings (SSSR count). The van der Waals surface area contributed by atoms with Crippen LogP contribution >= 0.6 is 11.3 Å². The van der Waals surface area contributed by atoms with Gasteiger partial charge in [0, 0.05) is 65.2 Å². The number of halogens is 3. The molecule has 0 amide bonds. The Hall–Kier alpha value is -5.26. The molecular formula is C39H33F3N2O5S. The third-order valence-corrected chi connectivity index (χ3v) is 8.79. The van der Waals surface area contributed by atoms with Gasteiger partial charge in [-0.3, -0.25) is 24.2 Å². The summed E-state index contributed by atoms with van der Waals surface area (Å²) in [6.07, 6.45) is -2.12. The fourth-order valence-corrected chi connectivity index (χ4v) is 6.17. The van der Waals surface area contributed by atoms with Crippen LogP contribution in [0.2, 0.25) is 0 Å². The van der Waals surface area contributed by atoms with Crippen LogP contribution in [0.4, 0.5) is 13.2 Å². The number of aromatic nitrogens is 1. The number of benzene rings is 3. The summed E-state index contributed by atoms with van der Waals surface area (Å²) >= 11 is 1.66. The third kappa shape index (κ3) is 9.04. The molecule has 0 radical (unpaired) electrons. The van der Waals surface area contributed by atoms with Crippen molar-refractivity contribution in [1.82, 2.24) is 9.88 Å². The molecule has 7 nitrogen and oxygen atoms in total. The number of hydrogen-bond acceptors (Lipinski definition) is 8. The zero-order valence-corrected chi connectivity index (χ0v) is 28.1. The van der Waals surface area contributed by atoms with Gasteiger partial charge < -0.3 is 9.32 Å². The molecule has 0 atom stereocenters. The van der Waals surface area contributed by atoms with Gasteiger partial charge in [0.15, 0.2) is 23.1 Å². The van der Waals surface area contributed by atoms with Crippen LogP contribution in [0.3, 0.4) is 0 Å². The van der Waals surface area contributed by atoms with Gasteiger partial charge in [-0.25, -0.2) is 0 Å². The molecule has 0 bridgehead atoms. The van der Waals surface area contributed by atoms with Gasteiger partial charge in [-0.2, -0.15) is 13.2 Å². The van der Waals surface area contributed by atoms with Crippen LogP contribution in [0.5, 0.6) is 0 Å². The highest BCUT2D eigenvalue weighted by Crippen LogP contribution is 2.32. The number of rotatable bonds is 12. The van der Waals surface area contributed by atoms with Gasteiger partial charge in [0.1, 0.15) is 11.3 Å². The van der Waals surface area contributed by atoms with Crippen LogP contribution in [-0.4, -0.2) is 47.1 Å². The maximum atomic E-state index is 12.9. The highest BCUT2D eigenvalue weighted by atomic mass is 32.1. The minimum atomic E-state index is -4.67. The maximum Gasteiger partial charge on any atom is 0.418 e. The number of pyridine rings is 1. The predicted octanol–water partition coefficient (Wildman–Crippen LogP) is 9.50. The van der Waals surface area contributed by atoms with Crippen LogP contribution in [0.1, 0.15) is 78.4 Å². The van der Waals surface area contributed by atoms with E-state index in [1.54, 1.807) is 35.6 Å². The average Bonchev–Trinajstić information content (AvgIpc) is 3.78. The lowest BCUT2D eigenvalue weighted by atomic mass is 9.97. The molecule has 3 aromatic carbocycles. The summed E-state index contributed by atoms with van der Waals surface area (Å²) in [5.41, 5.74) is 1.65. The van der Waals surface area contributed by atoms with Gasteiger partial charge in [-0.05, 0) is 91.1 Å². The first kappa shape index (κ1) is 36.0. The molecule has 3 heterocycles. The second-order valence-corrected chi connectivity index (χ2v) is 12.8. The first-order chi connectivity index (χ1) is 23.9. The van der Waals surface area contributed by atoms with E-state index in [1.165, 1.54) is 11.0 Å². The number of hydrogen-bond donors (Lipinski definition) is 0. The van der Waals surface area contributed by atoms with Crippen molar-refractivity contribution in [2.75, 3.05) is 14.1 Å². The van der Waals surface area contributed by atoms with Crippen molar-refractivity contribution in [2.24, 2.45) is 0 Å². The molecule has 6 aromatic rings. The number of nitrogens with zero attached hydrogens (tertiary/aromatic N) is 2. The molecule has 0 fully saturated rings. The molecule has 0 spiro atoms. The molecule has 50 heavy (non-hydrogen) atoms. The molecule has 11 heteroatoms. The quantitative estimate of drug-likeness (QED) is 0.117. The molecule has 0 saturated carbocycles. The number of carbonyl (C=O) groups excluding carboxylic acids is 4. The molecule has 3 aromatic heterocycles. The number of fused-ring (bicyclic) bond motifs is 2. The third-order valence-electron chi connectivity index (χ3n) is 7.89. The van der Waals surface area contributed by atoms with Gasteiger partial charge in [0.2, 0.25) is 0 Å². The number of Topliss-reactive ketones (excluding diaryl/α,β-unsaturated/α-hetero) is 4. The molecular weight excluding hydrogens is 665 g/mol.